The second-order valence-electron chi connectivity index (χ2n) is 7.21. The Kier molecular flexibility index (Phi) is 7.29. The highest BCUT2D eigenvalue weighted by atomic mass is 35.5. The minimum absolute atomic E-state index is 0.111. The minimum Gasteiger partial charge on any atom is -0.465 e. The first-order chi connectivity index (χ1) is 13.9. The van der Waals surface area contributed by atoms with Crippen LogP contribution in [0.5, 0.6) is 0 Å². The number of rotatable bonds is 6. The van der Waals surface area contributed by atoms with Gasteiger partial charge >= 0.3 is 5.97 Å². The molecular formula is C21H26ClN3O3S. The molecule has 8 heteroatoms. The van der Waals surface area contributed by atoms with E-state index in [9.17, 15) is 9.59 Å². The first-order valence-electron chi connectivity index (χ1n) is 9.54. The molecule has 0 unspecified atom stereocenters. The molecule has 0 saturated carbocycles. The minimum atomic E-state index is -0.420. The molecule has 0 atom stereocenters. The van der Waals surface area contributed by atoms with Crippen molar-refractivity contribution in [1.29, 1.82) is 0 Å². The van der Waals surface area contributed by atoms with Crippen molar-refractivity contribution in [1.82, 2.24) is 9.80 Å². The summed E-state index contributed by atoms with van der Waals surface area (Å²) in [6.45, 7) is 8.39. The Labute approximate surface area is 180 Å². The van der Waals surface area contributed by atoms with Crippen LogP contribution in [-0.4, -0.2) is 61.5 Å². The van der Waals surface area contributed by atoms with Crippen LogP contribution in [0.4, 0.5) is 5.00 Å². The molecule has 0 bridgehead atoms. The maximum absolute atomic E-state index is 12.5. The molecule has 2 heterocycles. The summed E-state index contributed by atoms with van der Waals surface area (Å²) in [5.74, 6) is -0.531. The number of hydrogen-bond acceptors (Lipinski definition) is 6. The number of anilines is 1. The zero-order valence-corrected chi connectivity index (χ0v) is 18.5. The summed E-state index contributed by atoms with van der Waals surface area (Å²) in [5.41, 5.74) is 2.50. The van der Waals surface area contributed by atoms with E-state index in [0.717, 1.165) is 48.2 Å². The SMILES string of the molecule is COC(=O)c1c(NC(=O)CN2CCN(Cc3cccc(Cl)c3)CC2)sc(C)c1C. The molecule has 2 aromatic rings. The van der Waals surface area contributed by atoms with Gasteiger partial charge in [0.05, 0.1) is 19.2 Å². The van der Waals surface area contributed by atoms with Gasteiger partial charge in [-0.3, -0.25) is 14.6 Å². The third-order valence-corrected chi connectivity index (χ3v) is 6.51. The average molecular weight is 436 g/mol. The first kappa shape index (κ1) is 21.8. The van der Waals surface area contributed by atoms with Crippen molar-refractivity contribution < 1.29 is 14.3 Å². The summed E-state index contributed by atoms with van der Waals surface area (Å²) in [6, 6.07) is 7.92. The Morgan fingerprint density at radius 2 is 1.86 bits per heavy atom. The first-order valence-corrected chi connectivity index (χ1v) is 10.7. The lowest BCUT2D eigenvalue weighted by Crippen LogP contribution is -2.48. The monoisotopic (exact) mass is 435 g/mol. The largest absolute Gasteiger partial charge is 0.465 e. The summed E-state index contributed by atoms with van der Waals surface area (Å²) < 4.78 is 4.86. The van der Waals surface area contributed by atoms with E-state index in [1.807, 2.05) is 32.0 Å². The predicted molar refractivity (Wildman–Crippen MR) is 117 cm³/mol. The quantitative estimate of drug-likeness (QED) is 0.703. The Morgan fingerprint density at radius 3 is 2.52 bits per heavy atom. The topological polar surface area (TPSA) is 61.9 Å². The van der Waals surface area contributed by atoms with Crippen LogP contribution in [0.3, 0.4) is 0 Å². The van der Waals surface area contributed by atoms with Crippen molar-refractivity contribution in [2.24, 2.45) is 0 Å². The maximum Gasteiger partial charge on any atom is 0.341 e. The molecule has 1 amide bonds. The number of benzene rings is 1. The van der Waals surface area contributed by atoms with Crippen LogP contribution in [0, 0.1) is 13.8 Å². The summed E-state index contributed by atoms with van der Waals surface area (Å²) >= 11 is 7.47. The van der Waals surface area contributed by atoms with Crippen LogP contribution < -0.4 is 5.32 Å². The Morgan fingerprint density at radius 1 is 1.17 bits per heavy atom. The number of carbonyl (C=O) groups is 2. The van der Waals surface area contributed by atoms with Gasteiger partial charge in [-0.05, 0) is 37.1 Å². The molecule has 156 valence electrons. The summed E-state index contributed by atoms with van der Waals surface area (Å²) in [5, 5.41) is 4.22. The number of thiophene rings is 1. The normalized spacial score (nSPS) is 15.3. The number of methoxy groups -OCH3 is 1. The van der Waals surface area contributed by atoms with Gasteiger partial charge in [0.2, 0.25) is 5.91 Å². The molecule has 1 N–H and O–H groups in total. The lowest BCUT2D eigenvalue weighted by atomic mass is 10.1. The van der Waals surface area contributed by atoms with Gasteiger partial charge in [0.1, 0.15) is 5.00 Å². The molecule has 1 aromatic heterocycles. The van der Waals surface area contributed by atoms with Crippen molar-refractivity contribution >= 4 is 39.8 Å². The Balaban J connectivity index is 1.51. The summed E-state index contributed by atoms with van der Waals surface area (Å²) in [7, 11) is 1.35. The van der Waals surface area contributed by atoms with Crippen molar-refractivity contribution in [2.45, 2.75) is 20.4 Å². The van der Waals surface area contributed by atoms with Crippen LogP contribution in [0.1, 0.15) is 26.4 Å². The average Bonchev–Trinajstić information content (AvgIpc) is 2.96. The maximum atomic E-state index is 12.5. The van der Waals surface area contributed by atoms with Gasteiger partial charge in [-0.2, -0.15) is 0 Å². The predicted octanol–water partition coefficient (Wildman–Crippen LogP) is 3.56. The van der Waals surface area contributed by atoms with E-state index in [4.69, 9.17) is 16.3 Å². The van der Waals surface area contributed by atoms with E-state index in [1.165, 1.54) is 24.0 Å². The third-order valence-electron chi connectivity index (χ3n) is 5.16. The molecule has 6 nitrogen and oxygen atoms in total. The van der Waals surface area contributed by atoms with Crippen LogP contribution in [0.25, 0.3) is 0 Å². The van der Waals surface area contributed by atoms with Gasteiger partial charge in [0, 0.05) is 42.6 Å². The molecular weight excluding hydrogens is 410 g/mol. The summed E-state index contributed by atoms with van der Waals surface area (Å²) in [6.07, 6.45) is 0. The molecule has 0 spiro atoms. The highest BCUT2D eigenvalue weighted by Gasteiger charge is 2.23. The number of piperazine rings is 1. The van der Waals surface area contributed by atoms with Gasteiger partial charge in [-0.1, -0.05) is 23.7 Å². The van der Waals surface area contributed by atoms with E-state index < -0.39 is 5.97 Å². The number of esters is 1. The van der Waals surface area contributed by atoms with E-state index in [1.54, 1.807) is 0 Å². The third kappa shape index (κ3) is 5.57. The Hall–Kier alpha value is -1.93. The van der Waals surface area contributed by atoms with E-state index >= 15 is 0 Å². The molecule has 1 aliphatic heterocycles. The van der Waals surface area contributed by atoms with Gasteiger partial charge in [0.15, 0.2) is 0 Å². The fraction of sp³-hybridized carbons (Fsp3) is 0.429. The van der Waals surface area contributed by atoms with Gasteiger partial charge in [0.25, 0.3) is 0 Å². The van der Waals surface area contributed by atoms with Gasteiger partial charge in [-0.25, -0.2) is 4.79 Å². The van der Waals surface area contributed by atoms with Crippen LogP contribution in [0.2, 0.25) is 5.02 Å². The number of halogens is 1. The van der Waals surface area contributed by atoms with Gasteiger partial charge in [-0.15, -0.1) is 11.3 Å². The molecule has 1 saturated heterocycles. The van der Waals surface area contributed by atoms with Gasteiger partial charge < -0.3 is 10.1 Å². The van der Waals surface area contributed by atoms with Crippen LogP contribution >= 0.6 is 22.9 Å². The molecule has 3 rings (SSSR count). The van der Waals surface area contributed by atoms with E-state index in [-0.39, 0.29) is 5.91 Å². The Bertz CT molecular complexity index is 891. The number of nitrogens with zero attached hydrogens (tertiary/aromatic N) is 2. The standard InChI is InChI=1S/C21H26ClN3O3S/c1-14-15(2)29-20(19(14)21(27)28-3)23-18(26)13-25-9-7-24(8-10-25)12-16-5-4-6-17(22)11-16/h4-6,11H,7-10,12-13H2,1-3H3,(H,23,26). The number of nitrogens with one attached hydrogen (secondary N) is 1. The van der Waals surface area contributed by atoms with Crippen molar-refractivity contribution in [2.75, 3.05) is 45.2 Å². The molecule has 0 radical (unpaired) electrons. The highest BCUT2D eigenvalue weighted by Crippen LogP contribution is 2.32. The number of amides is 1. The van der Waals surface area contributed by atoms with Crippen LogP contribution in [0.15, 0.2) is 24.3 Å². The fourth-order valence-electron chi connectivity index (χ4n) is 3.43. The number of hydrogen-bond donors (Lipinski definition) is 1. The zero-order valence-electron chi connectivity index (χ0n) is 17.0. The smallest absolute Gasteiger partial charge is 0.341 e. The number of ether oxygens (including phenoxy) is 1. The number of aryl methyl sites for hydroxylation is 1. The lowest BCUT2D eigenvalue weighted by Gasteiger charge is -2.34. The fourth-order valence-corrected chi connectivity index (χ4v) is 4.71. The second-order valence-corrected chi connectivity index (χ2v) is 8.87. The number of carbonyl (C=O) groups excluding carboxylic acids is 2. The van der Waals surface area contributed by atoms with E-state index in [0.29, 0.717) is 17.1 Å². The molecule has 1 aromatic carbocycles. The summed E-state index contributed by atoms with van der Waals surface area (Å²) in [4.78, 5) is 30.1. The van der Waals surface area contributed by atoms with Crippen molar-refractivity contribution in [3.63, 3.8) is 0 Å². The van der Waals surface area contributed by atoms with Crippen molar-refractivity contribution in [3.05, 3.63) is 50.9 Å². The second kappa shape index (κ2) is 9.71. The van der Waals surface area contributed by atoms with Crippen molar-refractivity contribution in [3.8, 4) is 0 Å². The van der Waals surface area contributed by atoms with Crippen LogP contribution in [-0.2, 0) is 16.1 Å². The zero-order chi connectivity index (χ0) is 21.0. The van der Waals surface area contributed by atoms with E-state index in [2.05, 4.69) is 21.2 Å². The molecule has 1 fully saturated rings. The lowest BCUT2D eigenvalue weighted by molar-refractivity contribution is -0.117. The highest BCUT2D eigenvalue weighted by molar-refractivity contribution is 7.16. The molecule has 0 aliphatic carbocycles. The molecule has 1 aliphatic rings. The molecule has 29 heavy (non-hydrogen) atoms.